The van der Waals surface area contributed by atoms with Crippen molar-refractivity contribution in [1.29, 1.82) is 0 Å². The molecule has 0 saturated heterocycles. The van der Waals surface area contributed by atoms with Crippen LogP contribution in [0.2, 0.25) is 0 Å². The molecular formula is C11H15N3O2. The van der Waals surface area contributed by atoms with Crippen LogP contribution in [0.4, 0.5) is 5.69 Å². The zero-order valence-electron chi connectivity index (χ0n) is 9.34. The molecule has 0 unspecified atom stereocenters. The van der Waals surface area contributed by atoms with Crippen molar-refractivity contribution >= 4 is 17.8 Å². The summed E-state index contributed by atoms with van der Waals surface area (Å²) in [5, 5.41) is 12.1. The van der Waals surface area contributed by atoms with Gasteiger partial charge in [0, 0.05) is 19.8 Å². The molecule has 0 aliphatic heterocycles. The molecule has 0 fully saturated rings. The van der Waals surface area contributed by atoms with Gasteiger partial charge in [-0.2, -0.15) is 5.10 Å². The summed E-state index contributed by atoms with van der Waals surface area (Å²) in [6, 6.07) is 7.69. The number of amides is 1. The van der Waals surface area contributed by atoms with Gasteiger partial charge in [0.2, 0.25) is 0 Å². The van der Waals surface area contributed by atoms with Gasteiger partial charge < -0.3 is 10.0 Å². The molecule has 2 N–H and O–H groups in total. The summed E-state index contributed by atoms with van der Waals surface area (Å²) in [6.45, 7) is -0.559. The predicted octanol–water partition coefficient (Wildman–Crippen LogP) is 0.195. The minimum Gasteiger partial charge on any atom is -0.386 e. The normalized spacial score (nSPS) is 10.4. The smallest absolute Gasteiger partial charge is 0.265 e. The topological polar surface area (TPSA) is 64.9 Å². The molecule has 0 radical (unpaired) electrons. The van der Waals surface area contributed by atoms with E-state index in [-0.39, 0.29) is 0 Å². The van der Waals surface area contributed by atoms with Crippen LogP contribution >= 0.6 is 0 Å². The van der Waals surface area contributed by atoms with Gasteiger partial charge in [0.15, 0.2) is 0 Å². The van der Waals surface area contributed by atoms with Crippen LogP contribution in [-0.2, 0) is 4.79 Å². The van der Waals surface area contributed by atoms with E-state index in [9.17, 15) is 4.79 Å². The molecule has 1 aromatic carbocycles. The lowest BCUT2D eigenvalue weighted by molar-refractivity contribution is -0.123. The SMILES string of the molecule is CN(C)c1ccc(C=NNC(=O)CO)cc1. The number of nitrogens with zero attached hydrogens (tertiary/aromatic N) is 2. The van der Waals surface area contributed by atoms with E-state index >= 15 is 0 Å². The van der Waals surface area contributed by atoms with E-state index in [2.05, 4.69) is 10.5 Å². The number of hydrogen-bond donors (Lipinski definition) is 2. The van der Waals surface area contributed by atoms with Crippen LogP contribution in [0.15, 0.2) is 29.4 Å². The van der Waals surface area contributed by atoms with Crippen LogP contribution in [-0.4, -0.2) is 37.9 Å². The molecule has 5 heteroatoms. The second-order valence-electron chi connectivity index (χ2n) is 3.44. The molecule has 0 aromatic heterocycles. The van der Waals surface area contributed by atoms with E-state index in [4.69, 9.17) is 5.11 Å². The van der Waals surface area contributed by atoms with E-state index in [1.54, 1.807) is 0 Å². The van der Waals surface area contributed by atoms with E-state index in [0.717, 1.165) is 11.3 Å². The van der Waals surface area contributed by atoms with Gasteiger partial charge in [-0.3, -0.25) is 4.79 Å². The number of rotatable bonds is 4. The second-order valence-corrected chi connectivity index (χ2v) is 3.44. The largest absolute Gasteiger partial charge is 0.386 e. The van der Waals surface area contributed by atoms with Gasteiger partial charge >= 0.3 is 0 Å². The maximum atomic E-state index is 10.7. The first-order valence-corrected chi connectivity index (χ1v) is 4.83. The Kier molecular flexibility index (Phi) is 4.47. The number of hydrazone groups is 1. The highest BCUT2D eigenvalue weighted by atomic mass is 16.3. The molecule has 1 aromatic rings. The standard InChI is InChI=1S/C11H15N3O2/c1-14(2)10-5-3-9(4-6-10)7-12-13-11(16)8-15/h3-7,15H,8H2,1-2H3,(H,13,16). The Balaban J connectivity index is 2.58. The predicted molar refractivity (Wildman–Crippen MR) is 63.6 cm³/mol. The van der Waals surface area contributed by atoms with Crippen molar-refractivity contribution in [1.82, 2.24) is 5.43 Å². The first kappa shape index (κ1) is 12.2. The van der Waals surface area contributed by atoms with Gasteiger partial charge in [-0.1, -0.05) is 12.1 Å². The minimum absolute atomic E-state index is 0.527. The van der Waals surface area contributed by atoms with Crippen molar-refractivity contribution < 1.29 is 9.90 Å². The van der Waals surface area contributed by atoms with Gasteiger partial charge in [-0.15, -0.1) is 0 Å². The fraction of sp³-hybridized carbons (Fsp3) is 0.273. The zero-order chi connectivity index (χ0) is 12.0. The summed E-state index contributed by atoms with van der Waals surface area (Å²) in [5.74, 6) is -0.527. The lowest BCUT2D eigenvalue weighted by Gasteiger charge is -2.11. The van der Waals surface area contributed by atoms with E-state index < -0.39 is 12.5 Å². The van der Waals surface area contributed by atoms with Crippen LogP contribution in [0, 0.1) is 0 Å². The van der Waals surface area contributed by atoms with Crippen molar-refractivity contribution in [3.63, 3.8) is 0 Å². The number of hydrogen-bond acceptors (Lipinski definition) is 4. The Hall–Kier alpha value is -1.88. The average Bonchev–Trinajstić information content (AvgIpc) is 2.29. The molecular weight excluding hydrogens is 206 g/mol. The number of benzene rings is 1. The van der Waals surface area contributed by atoms with Gasteiger partial charge in [0.25, 0.3) is 5.91 Å². The molecule has 0 aliphatic carbocycles. The fourth-order valence-electron chi connectivity index (χ4n) is 1.07. The van der Waals surface area contributed by atoms with Gasteiger partial charge in [-0.25, -0.2) is 5.43 Å². The number of aliphatic hydroxyl groups excluding tert-OH is 1. The third kappa shape index (κ3) is 3.70. The van der Waals surface area contributed by atoms with Crippen LogP contribution < -0.4 is 10.3 Å². The molecule has 0 heterocycles. The van der Waals surface area contributed by atoms with E-state index in [1.165, 1.54) is 6.21 Å². The summed E-state index contributed by atoms with van der Waals surface area (Å²) in [6.07, 6.45) is 1.52. The number of aliphatic hydroxyl groups is 1. The summed E-state index contributed by atoms with van der Waals surface area (Å²) in [4.78, 5) is 12.7. The molecule has 0 spiro atoms. The third-order valence-electron chi connectivity index (χ3n) is 1.96. The second kappa shape index (κ2) is 5.87. The van der Waals surface area contributed by atoms with Crippen LogP contribution in [0.25, 0.3) is 0 Å². The quantitative estimate of drug-likeness (QED) is 0.563. The molecule has 0 saturated carbocycles. The molecule has 16 heavy (non-hydrogen) atoms. The number of carbonyl (C=O) groups excluding carboxylic acids is 1. The van der Waals surface area contributed by atoms with Gasteiger partial charge in [0.05, 0.1) is 6.21 Å². The number of anilines is 1. The average molecular weight is 221 g/mol. The highest BCUT2D eigenvalue weighted by Gasteiger charge is 1.95. The zero-order valence-corrected chi connectivity index (χ0v) is 9.34. The van der Waals surface area contributed by atoms with Crippen LogP contribution in [0.3, 0.4) is 0 Å². The summed E-state index contributed by atoms with van der Waals surface area (Å²) < 4.78 is 0. The molecule has 5 nitrogen and oxygen atoms in total. The third-order valence-corrected chi connectivity index (χ3v) is 1.96. The molecule has 86 valence electrons. The molecule has 1 rings (SSSR count). The van der Waals surface area contributed by atoms with Crippen molar-refractivity contribution in [3.05, 3.63) is 29.8 Å². The molecule has 0 aliphatic rings. The number of carbonyl (C=O) groups is 1. The van der Waals surface area contributed by atoms with Crippen LogP contribution in [0.1, 0.15) is 5.56 Å². The first-order valence-electron chi connectivity index (χ1n) is 4.83. The lowest BCUT2D eigenvalue weighted by Crippen LogP contribution is -2.20. The van der Waals surface area contributed by atoms with Gasteiger partial charge in [-0.05, 0) is 17.7 Å². The Labute approximate surface area is 94.4 Å². The highest BCUT2D eigenvalue weighted by Crippen LogP contribution is 2.10. The Morgan fingerprint density at radius 1 is 1.44 bits per heavy atom. The Morgan fingerprint density at radius 2 is 2.06 bits per heavy atom. The summed E-state index contributed by atoms with van der Waals surface area (Å²) >= 11 is 0. The Bertz CT molecular complexity index is 371. The molecule has 0 bridgehead atoms. The number of nitrogens with one attached hydrogen (secondary N) is 1. The van der Waals surface area contributed by atoms with Crippen LogP contribution in [0.5, 0.6) is 0 Å². The molecule has 0 atom stereocenters. The van der Waals surface area contributed by atoms with E-state index in [1.807, 2.05) is 43.3 Å². The monoisotopic (exact) mass is 221 g/mol. The van der Waals surface area contributed by atoms with Gasteiger partial charge in [0.1, 0.15) is 6.61 Å². The maximum Gasteiger partial charge on any atom is 0.265 e. The summed E-state index contributed by atoms with van der Waals surface area (Å²) in [7, 11) is 3.93. The first-order chi connectivity index (χ1) is 7.63. The Morgan fingerprint density at radius 3 is 2.56 bits per heavy atom. The fourth-order valence-corrected chi connectivity index (χ4v) is 1.07. The van der Waals surface area contributed by atoms with Crippen molar-refractivity contribution in [2.45, 2.75) is 0 Å². The lowest BCUT2D eigenvalue weighted by atomic mass is 10.2. The highest BCUT2D eigenvalue weighted by molar-refractivity contribution is 5.83. The molecule has 1 amide bonds. The minimum atomic E-state index is -0.559. The van der Waals surface area contributed by atoms with Crippen molar-refractivity contribution in [2.24, 2.45) is 5.10 Å². The van der Waals surface area contributed by atoms with Crippen molar-refractivity contribution in [3.8, 4) is 0 Å². The van der Waals surface area contributed by atoms with Crippen molar-refractivity contribution in [2.75, 3.05) is 25.6 Å². The maximum absolute atomic E-state index is 10.7. The summed E-state index contributed by atoms with van der Waals surface area (Å²) in [5.41, 5.74) is 4.16. The van der Waals surface area contributed by atoms with E-state index in [0.29, 0.717) is 0 Å².